The Morgan fingerprint density at radius 1 is 1.33 bits per heavy atom. The average Bonchev–Trinajstić information content (AvgIpc) is 2.19. The van der Waals surface area contributed by atoms with E-state index in [1.165, 1.54) is 5.56 Å². The van der Waals surface area contributed by atoms with E-state index in [2.05, 4.69) is 48.8 Å². The van der Waals surface area contributed by atoms with Crippen molar-refractivity contribution in [2.75, 3.05) is 0 Å². The highest BCUT2D eigenvalue weighted by molar-refractivity contribution is 9.10. The molecule has 15 heavy (non-hydrogen) atoms. The molecule has 1 rings (SSSR count). The van der Waals surface area contributed by atoms with E-state index in [1.807, 2.05) is 12.1 Å². The van der Waals surface area contributed by atoms with Gasteiger partial charge < -0.3 is 5.73 Å². The zero-order valence-electron chi connectivity index (χ0n) is 9.76. The number of hydrogen-bond acceptors (Lipinski definition) is 1. The molecule has 1 nitrogen and oxygen atoms in total. The first kappa shape index (κ1) is 12.7. The van der Waals surface area contributed by atoms with Crippen LogP contribution in [-0.4, -0.2) is 0 Å². The van der Waals surface area contributed by atoms with Crippen molar-refractivity contribution in [2.24, 2.45) is 11.7 Å². The smallest absolute Gasteiger partial charge is 0.0409 e. The molecule has 1 aromatic carbocycles. The minimum absolute atomic E-state index is 0.229. The summed E-state index contributed by atoms with van der Waals surface area (Å²) in [5.41, 5.74) is 7.44. The van der Waals surface area contributed by atoms with Gasteiger partial charge in [0, 0.05) is 10.0 Å². The van der Waals surface area contributed by atoms with Crippen molar-refractivity contribution in [1.29, 1.82) is 0 Å². The van der Waals surface area contributed by atoms with E-state index in [9.17, 15) is 0 Å². The Bertz CT molecular complexity index is 316. The molecule has 2 N–H and O–H groups in total. The Hall–Kier alpha value is -0.340. The molecule has 0 spiro atoms. The van der Waals surface area contributed by atoms with Crippen molar-refractivity contribution in [3.63, 3.8) is 0 Å². The van der Waals surface area contributed by atoms with E-state index in [0.29, 0.717) is 5.92 Å². The maximum atomic E-state index is 6.45. The summed E-state index contributed by atoms with van der Waals surface area (Å²) in [5.74, 6) is 0.534. The van der Waals surface area contributed by atoms with E-state index < -0.39 is 0 Å². The van der Waals surface area contributed by atoms with E-state index in [4.69, 9.17) is 5.73 Å². The maximum Gasteiger partial charge on any atom is 0.0409 e. The Kier molecular flexibility index (Phi) is 4.35. The van der Waals surface area contributed by atoms with Gasteiger partial charge >= 0.3 is 0 Å². The molecule has 0 fully saturated rings. The fourth-order valence-corrected chi connectivity index (χ4v) is 2.60. The van der Waals surface area contributed by atoms with Crippen LogP contribution < -0.4 is 5.73 Å². The van der Waals surface area contributed by atoms with Gasteiger partial charge in [0.2, 0.25) is 0 Å². The first-order valence-corrected chi connectivity index (χ1v) is 6.36. The molecule has 0 saturated heterocycles. The van der Waals surface area contributed by atoms with Crippen molar-refractivity contribution in [3.05, 3.63) is 34.3 Å². The Morgan fingerprint density at radius 2 is 1.93 bits per heavy atom. The van der Waals surface area contributed by atoms with Crippen molar-refractivity contribution < 1.29 is 0 Å². The molecular formula is C13H20BrN. The van der Waals surface area contributed by atoms with E-state index in [-0.39, 0.29) is 5.54 Å². The lowest BCUT2D eigenvalue weighted by Gasteiger charge is -2.33. The number of halogens is 1. The van der Waals surface area contributed by atoms with Crippen LogP contribution in [0.15, 0.2) is 28.7 Å². The summed E-state index contributed by atoms with van der Waals surface area (Å²) in [6.07, 6.45) is 2.24. The molecule has 0 radical (unpaired) electrons. The third-order valence-corrected chi connectivity index (χ3v) is 3.77. The summed E-state index contributed by atoms with van der Waals surface area (Å²) < 4.78 is 1.10. The lowest BCUT2D eigenvalue weighted by atomic mass is 9.77. The van der Waals surface area contributed by atoms with Crippen LogP contribution in [0.25, 0.3) is 0 Å². The molecule has 1 atom stereocenters. The van der Waals surface area contributed by atoms with Crippen LogP contribution in [0.3, 0.4) is 0 Å². The second-order valence-corrected chi connectivity index (χ2v) is 5.22. The minimum Gasteiger partial charge on any atom is -0.321 e. The summed E-state index contributed by atoms with van der Waals surface area (Å²) in [7, 11) is 0. The first-order chi connectivity index (χ1) is 7.02. The van der Waals surface area contributed by atoms with Crippen molar-refractivity contribution >= 4 is 15.9 Å². The predicted molar refractivity (Wildman–Crippen MR) is 69.8 cm³/mol. The zero-order valence-corrected chi connectivity index (χ0v) is 11.3. The predicted octanol–water partition coefficient (Wildman–Crippen LogP) is 4.06. The van der Waals surface area contributed by atoms with Gasteiger partial charge in [-0.1, -0.05) is 54.8 Å². The molecule has 0 aliphatic heterocycles. The van der Waals surface area contributed by atoms with Gasteiger partial charge in [-0.25, -0.2) is 0 Å². The fourth-order valence-electron chi connectivity index (χ4n) is 2.20. The monoisotopic (exact) mass is 269 g/mol. The molecule has 0 bridgehead atoms. The second-order valence-electron chi connectivity index (χ2n) is 4.31. The van der Waals surface area contributed by atoms with Gasteiger partial charge in [0.05, 0.1) is 0 Å². The largest absolute Gasteiger partial charge is 0.321 e. The van der Waals surface area contributed by atoms with E-state index >= 15 is 0 Å². The number of benzene rings is 1. The summed E-state index contributed by atoms with van der Waals surface area (Å²) in [6, 6.07) is 8.32. The summed E-state index contributed by atoms with van der Waals surface area (Å²) in [6.45, 7) is 6.54. The molecule has 1 unspecified atom stereocenters. The molecule has 0 aromatic heterocycles. The van der Waals surface area contributed by atoms with Gasteiger partial charge in [-0.05, 0) is 30.5 Å². The van der Waals surface area contributed by atoms with Crippen molar-refractivity contribution in [3.8, 4) is 0 Å². The molecule has 1 aromatic rings. The lowest BCUT2D eigenvalue weighted by molar-refractivity contribution is 0.282. The zero-order chi connectivity index (χ0) is 11.5. The lowest BCUT2D eigenvalue weighted by Crippen LogP contribution is -2.40. The molecule has 84 valence electrons. The van der Waals surface area contributed by atoms with Gasteiger partial charge in [-0.15, -0.1) is 0 Å². The second kappa shape index (κ2) is 5.13. The van der Waals surface area contributed by atoms with Crippen molar-refractivity contribution in [1.82, 2.24) is 0 Å². The standard InChI is InChI=1S/C13H20BrN/c1-4-10(5-2)13(3,15)11-7-6-8-12(14)9-11/h6-10H,4-5,15H2,1-3H3. The Morgan fingerprint density at radius 3 is 2.40 bits per heavy atom. The minimum atomic E-state index is -0.229. The van der Waals surface area contributed by atoms with Gasteiger partial charge in [0.15, 0.2) is 0 Å². The molecular weight excluding hydrogens is 250 g/mol. The highest BCUT2D eigenvalue weighted by Crippen LogP contribution is 2.32. The normalized spacial score (nSPS) is 15.3. The molecule has 0 amide bonds. The van der Waals surface area contributed by atoms with Crippen LogP contribution in [0.4, 0.5) is 0 Å². The Balaban J connectivity index is 3.03. The highest BCUT2D eigenvalue weighted by Gasteiger charge is 2.29. The van der Waals surface area contributed by atoms with Gasteiger partial charge in [0.1, 0.15) is 0 Å². The Labute approximate surface area is 101 Å². The van der Waals surface area contributed by atoms with Crippen LogP contribution in [0.2, 0.25) is 0 Å². The average molecular weight is 270 g/mol. The SMILES string of the molecule is CCC(CC)C(C)(N)c1cccc(Br)c1. The highest BCUT2D eigenvalue weighted by atomic mass is 79.9. The van der Waals surface area contributed by atoms with Crippen LogP contribution in [0.1, 0.15) is 39.2 Å². The van der Waals surface area contributed by atoms with Gasteiger partial charge in [-0.3, -0.25) is 0 Å². The quantitative estimate of drug-likeness (QED) is 0.877. The summed E-state index contributed by atoms with van der Waals surface area (Å²) >= 11 is 3.49. The van der Waals surface area contributed by atoms with Crippen LogP contribution in [0, 0.1) is 5.92 Å². The number of hydrogen-bond donors (Lipinski definition) is 1. The van der Waals surface area contributed by atoms with Gasteiger partial charge in [-0.2, -0.15) is 0 Å². The van der Waals surface area contributed by atoms with Gasteiger partial charge in [0.25, 0.3) is 0 Å². The molecule has 2 heteroatoms. The fraction of sp³-hybridized carbons (Fsp3) is 0.538. The molecule has 0 heterocycles. The maximum absolute atomic E-state index is 6.45. The third kappa shape index (κ3) is 2.82. The number of rotatable bonds is 4. The van der Waals surface area contributed by atoms with E-state index in [0.717, 1.165) is 17.3 Å². The molecule has 0 aliphatic rings. The van der Waals surface area contributed by atoms with Crippen molar-refractivity contribution in [2.45, 2.75) is 39.2 Å². The summed E-state index contributed by atoms with van der Waals surface area (Å²) in [4.78, 5) is 0. The third-order valence-electron chi connectivity index (χ3n) is 3.28. The van der Waals surface area contributed by atoms with Crippen LogP contribution >= 0.6 is 15.9 Å². The van der Waals surface area contributed by atoms with E-state index in [1.54, 1.807) is 0 Å². The van der Waals surface area contributed by atoms with Crippen LogP contribution in [0.5, 0.6) is 0 Å². The molecule has 0 aliphatic carbocycles. The molecule has 0 saturated carbocycles. The first-order valence-electron chi connectivity index (χ1n) is 5.57. The number of nitrogens with two attached hydrogens (primary N) is 1. The van der Waals surface area contributed by atoms with Crippen LogP contribution in [-0.2, 0) is 5.54 Å². The topological polar surface area (TPSA) is 26.0 Å². The summed E-state index contributed by atoms with van der Waals surface area (Å²) in [5, 5.41) is 0.